The molecule has 1 unspecified atom stereocenters. The highest BCUT2D eigenvalue weighted by molar-refractivity contribution is 8.00. The maximum atomic E-state index is 12.3. The molecule has 5 nitrogen and oxygen atoms in total. The van der Waals surface area contributed by atoms with Crippen LogP contribution in [0.25, 0.3) is 0 Å². The van der Waals surface area contributed by atoms with Crippen LogP contribution in [0.2, 0.25) is 0 Å². The Kier molecular flexibility index (Phi) is 8.02. The fourth-order valence-electron chi connectivity index (χ4n) is 2.46. The number of carboxylic acid groups (broad SMARTS) is 1. The summed E-state index contributed by atoms with van der Waals surface area (Å²) in [5.74, 6) is 0.0795. The first-order valence-corrected chi connectivity index (χ1v) is 9.48. The molecule has 0 saturated carbocycles. The molecule has 0 aliphatic rings. The number of carbonyl (C=O) groups is 2. The van der Waals surface area contributed by atoms with E-state index in [9.17, 15) is 9.59 Å². The number of carboxylic acids is 1. The van der Waals surface area contributed by atoms with E-state index in [4.69, 9.17) is 9.84 Å². The fourth-order valence-corrected chi connectivity index (χ4v) is 3.17. The first-order valence-electron chi connectivity index (χ1n) is 8.50. The summed E-state index contributed by atoms with van der Waals surface area (Å²) in [6.45, 7) is 2.55. The molecular weight excluding hydrogens is 350 g/mol. The first kappa shape index (κ1) is 19.8. The van der Waals surface area contributed by atoms with E-state index in [1.807, 2.05) is 61.5 Å². The minimum Gasteiger partial charge on any atom is -0.494 e. The lowest BCUT2D eigenvalue weighted by Crippen LogP contribution is -2.30. The molecule has 0 spiro atoms. The van der Waals surface area contributed by atoms with Gasteiger partial charge in [0.25, 0.3) is 0 Å². The number of carbonyl (C=O) groups excluding carboxylic acids is 1. The lowest BCUT2D eigenvalue weighted by Gasteiger charge is -2.18. The van der Waals surface area contributed by atoms with Gasteiger partial charge in [0, 0.05) is 11.3 Å². The number of ether oxygens (including phenoxy) is 1. The van der Waals surface area contributed by atoms with E-state index in [0.717, 1.165) is 16.2 Å². The third-order valence-corrected chi connectivity index (χ3v) is 4.70. The van der Waals surface area contributed by atoms with Gasteiger partial charge in [0.2, 0.25) is 5.91 Å². The molecule has 1 atom stereocenters. The number of hydrogen-bond donors (Lipinski definition) is 2. The second kappa shape index (κ2) is 10.5. The van der Waals surface area contributed by atoms with Crippen LogP contribution in [0, 0.1) is 0 Å². The summed E-state index contributed by atoms with van der Waals surface area (Å²) in [6, 6.07) is 16.7. The summed E-state index contributed by atoms with van der Waals surface area (Å²) in [5.41, 5.74) is 0.910. The minimum absolute atomic E-state index is 0.00583. The zero-order valence-electron chi connectivity index (χ0n) is 14.7. The van der Waals surface area contributed by atoms with Crippen LogP contribution < -0.4 is 10.1 Å². The second-order valence-electron chi connectivity index (χ2n) is 5.66. The quantitative estimate of drug-likeness (QED) is 0.618. The summed E-state index contributed by atoms with van der Waals surface area (Å²) in [6.07, 6.45) is 0.366. The highest BCUT2D eigenvalue weighted by Crippen LogP contribution is 2.23. The number of nitrogens with one attached hydrogen (secondary N) is 1. The second-order valence-corrected chi connectivity index (χ2v) is 6.71. The third-order valence-electron chi connectivity index (χ3n) is 3.69. The van der Waals surface area contributed by atoms with Crippen molar-refractivity contribution >= 4 is 23.6 Å². The molecule has 0 aliphatic carbocycles. The number of aliphatic carboxylic acids is 1. The minimum atomic E-state index is -0.871. The monoisotopic (exact) mass is 373 g/mol. The Balaban J connectivity index is 1.90. The van der Waals surface area contributed by atoms with Crippen LogP contribution in [0.1, 0.15) is 31.4 Å². The van der Waals surface area contributed by atoms with Gasteiger partial charge in [-0.3, -0.25) is 9.59 Å². The molecule has 2 rings (SSSR count). The number of rotatable bonds is 10. The molecule has 0 radical (unpaired) electrons. The SMILES string of the molecule is CCOc1ccc(SCC(=O)NC(CCC(=O)O)c2ccccc2)cc1. The summed E-state index contributed by atoms with van der Waals surface area (Å²) < 4.78 is 5.40. The molecule has 0 aliphatic heterocycles. The molecule has 1 amide bonds. The predicted molar refractivity (Wildman–Crippen MR) is 103 cm³/mol. The number of amides is 1. The molecule has 2 N–H and O–H groups in total. The van der Waals surface area contributed by atoms with E-state index in [1.165, 1.54) is 11.8 Å². The van der Waals surface area contributed by atoms with Crippen LogP contribution in [0.4, 0.5) is 0 Å². The Morgan fingerprint density at radius 2 is 1.81 bits per heavy atom. The molecule has 2 aromatic rings. The summed E-state index contributed by atoms with van der Waals surface area (Å²) in [7, 11) is 0. The largest absolute Gasteiger partial charge is 0.494 e. The normalized spacial score (nSPS) is 11.6. The highest BCUT2D eigenvalue weighted by Gasteiger charge is 2.16. The first-order chi connectivity index (χ1) is 12.6. The van der Waals surface area contributed by atoms with Gasteiger partial charge in [-0.2, -0.15) is 0 Å². The molecule has 0 saturated heterocycles. The van der Waals surface area contributed by atoms with E-state index < -0.39 is 5.97 Å². The molecule has 0 bridgehead atoms. The van der Waals surface area contributed by atoms with Crippen molar-refractivity contribution in [2.75, 3.05) is 12.4 Å². The van der Waals surface area contributed by atoms with Crippen molar-refractivity contribution in [2.24, 2.45) is 0 Å². The van der Waals surface area contributed by atoms with E-state index in [2.05, 4.69) is 5.32 Å². The molecule has 0 aromatic heterocycles. The van der Waals surface area contributed by atoms with Gasteiger partial charge in [-0.1, -0.05) is 30.3 Å². The number of benzene rings is 2. The van der Waals surface area contributed by atoms with Crippen LogP contribution >= 0.6 is 11.8 Å². The highest BCUT2D eigenvalue weighted by atomic mass is 32.2. The van der Waals surface area contributed by atoms with Gasteiger partial charge >= 0.3 is 5.97 Å². The predicted octanol–water partition coefficient (Wildman–Crippen LogP) is 3.90. The van der Waals surface area contributed by atoms with Gasteiger partial charge in [0.05, 0.1) is 18.4 Å². The van der Waals surface area contributed by atoms with Crippen LogP contribution in [-0.4, -0.2) is 29.3 Å². The van der Waals surface area contributed by atoms with Crippen molar-refractivity contribution in [3.63, 3.8) is 0 Å². The average Bonchev–Trinajstić information content (AvgIpc) is 2.65. The van der Waals surface area contributed by atoms with Crippen molar-refractivity contribution in [3.8, 4) is 5.75 Å². The van der Waals surface area contributed by atoms with Gasteiger partial charge in [-0.15, -0.1) is 11.8 Å². The topological polar surface area (TPSA) is 75.6 Å². The summed E-state index contributed by atoms with van der Waals surface area (Å²) in [5, 5.41) is 11.9. The molecule has 6 heteroatoms. The molecule has 138 valence electrons. The van der Waals surface area contributed by atoms with Crippen molar-refractivity contribution in [3.05, 3.63) is 60.2 Å². The fraction of sp³-hybridized carbons (Fsp3) is 0.300. The van der Waals surface area contributed by atoms with Crippen LogP contribution in [-0.2, 0) is 9.59 Å². The van der Waals surface area contributed by atoms with Gasteiger partial charge in [0.15, 0.2) is 0 Å². The van der Waals surface area contributed by atoms with Crippen LogP contribution in [0.15, 0.2) is 59.5 Å². The van der Waals surface area contributed by atoms with Crippen molar-refractivity contribution in [1.82, 2.24) is 5.32 Å². The van der Waals surface area contributed by atoms with Crippen LogP contribution in [0.3, 0.4) is 0 Å². The lowest BCUT2D eigenvalue weighted by molar-refractivity contribution is -0.137. The molecule has 0 heterocycles. The number of thioether (sulfide) groups is 1. The Bertz CT molecular complexity index is 704. The summed E-state index contributed by atoms with van der Waals surface area (Å²) in [4.78, 5) is 24.2. The molecule has 0 fully saturated rings. The number of hydrogen-bond acceptors (Lipinski definition) is 4. The molecule has 2 aromatic carbocycles. The Morgan fingerprint density at radius 1 is 1.12 bits per heavy atom. The Hall–Kier alpha value is -2.47. The van der Waals surface area contributed by atoms with Crippen molar-refractivity contribution in [2.45, 2.75) is 30.7 Å². The molecular formula is C20H23NO4S. The standard InChI is InChI=1S/C20H23NO4S/c1-2-25-16-8-10-17(11-9-16)26-14-19(22)21-18(12-13-20(23)24)15-6-4-3-5-7-15/h3-11,18H,2,12-14H2,1H3,(H,21,22)(H,23,24). The van der Waals surface area contributed by atoms with Gasteiger partial charge in [-0.25, -0.2) is 0 Å². The third kappa shape index (κ3) is 6.80. The maximum Gasteiger partial charge on any atom is 0.303 e. The van der Waals surface area contributed by atoms with E-state index in [1.54, 1.807) is 0 Å². The Labute approximate surface area is 157 Å². The van der Waals surface area contributed by atoms with Crippen molar-refractivity contribution < 1.29 is 19.4 Å². The molecule has 26 heavy (non-hydrogen) atoms. The van der Waals surface area contributed by atoms with Crippen LogP contribution in [0.5, 0.6) is 5.75 Å². The van der Waals surface area contributed by atoms with E-state index in [-0.39, 0.29) is 24.1 Å². The smallest absolute Gasteiger partial charge is 0.303 e. The van der Waals surface area contributed by atoms with E-state index >= 15 is 0 Å². The lowest BCUT2D eigenvalue weighted by atomic mass is 10.0. The van der Waals surface area contributed by atoms with Gasteiger partial charge < -0.3 is 15.2 Å². The van der Waals surface area contributed by atoms with Crippen molar-refractivity contribution in [1.29, 1.82) is 0 Å². The average molecular weight is 373 g/mol. The van der Waals surface area contributed by atoms with E-state index in [0.29, 0.717) is 13.0 Å². The van der Waals surface area contributed by atoms with Gasteiger partial charge in [-0.05, 0) is 43.2 Å². The zero-order valence-corrected chi connectivity index (χ0v) is 15.5. The summed E-state index contributed by atoms with van der Waals surface area (Å²) >= 11 is 1.43. The van der Waals surface area contributed by atoms with Gasteiger partial charge in [0.1, 0.15) is 5.75 Å². The Morgan fingerprint density at radius 3 is 2.42 bits per heavy atom. The maximum absolute atomic E-state index is 12.3. The zero-order chi connectivity index (χ0) is 18.8.